The highest BCUT2D eigenvalue weighted by Crippen LogP contribution is 2.23. The Hall–Kier alpha value is -3.74. The van der Waals surface area contributed by atoms with Crippen LogP contribution in [0.25, 0.3) is 0 Å². The van der Waals surface area contributed by atoms with Gasteiger partial charge in [0.1, 0.15) is 12.1 Å². The van der Waals surface area contributed by atoms with Gasteiger partial charge < -0.3 is 48.7 Å². The maximum absolute atomic E-state index is 13.6. The molecule has 0 unspecified atom stereocenters. The van der Waals surface area contributed by atoms with Crippen LogP contribution in [0.2, 0.25) is 0 Å². The van der Waals surface area contributed by atoms with Crippen molar-refractivity contribution in [2.24, 2.45) is 28.1 Å². The molecule has 0 aromatic carbocycles. The van der Waals surface area contributed by atoms with Gasteiger partial charge in [0.05, 0.1) is 25.5 Å². The third kappa shape index (κ3) is 18.3. The summed E-state index contributed by atoms with van der Waals surface area (Å²) in [6, 6.07) is -1.69. The predicted octanol–water partition coefficient (Wildman–Crippen LogP) is -3.06. The van der Waals surface area contributed by atoms with E-state index >= 15 is 0 Å². The molecule has 2 atom stereocenters. The molecule has 1 fully saturated rings. The molecule has 0 aromatic rings. The molecule has 0 radical (unpaired) electrons. The molecule has 1 heterocycles. The van der Waals surface area contributed by atoms with E-state index in [1.165, 1.54) is 28.4 Å². The molecule has 0 saturated carbocycles. The van der Waals surface area contributed by atoms with Gasteiger partial charge in [-0.05, 0) is 30.9 Å². The van der Waals surface area contributed by atoms with Crippen LogP contribution in [0.1, 0.15) is 46.0 Å². The van der Waals surface area contributed by atoms with Gasteiger partial charge in [0.15, 0.2) is 5.96 Å². The molecule has 1 rings (SSSR count). The van der Waals surface area contributed by atoms with Crippen molar-refractivity contribution in [3.63, 3.8) is 0 Å². The summed E-state index contributed by atoms with van der Waals surface area (Å²) in [4.78, 5) is 91.0. The van der Waals surface area contributed by atoms with E-state index in [0.29, 0.717) is 43.9 Å². The van der Waals surface area contributed by atoms with Crippen LogP contribution in [0.15, 0.2) is 4.99 Å². The smallest absolute Gasteiger partial charge is 0.247 e. The lowest BCUT2D eigenvalue weighted by Gasteiger charge is -2.28. The van der Waals surface area contributed by atoms with Crippen LogP contribution in [0.4, 0.5) is 0 Å². The van der Waals surface area contributed by atoms with E-state index in [1.807, 2.05) is 13.8 Å². The number of rotatable bonds is 22. The molecule has 1 aliphatic heterocycles. The van der Waals surface area contributed by atoms with Crippen molar-refractivity contribution in [3.05, 3.63) is 0 Å². The molecule has 0 aliphatic carbocycles. The molecule has 1 saturated heterocycles. The molecule has 0 bridgehead atoms. The molecule has 260 valence electrons. The number of guanidine groups is 1. The number of nitrogens with one attached hydrogen (secondary N) is 5. The summed E-state index contributed by atoms with van der Waals surface area (Å²) in [5, 5.41) is 12.8. The molecule has 11 N–H and O–H groups in total. The van der Waals surface area contributed by atoms with Gasteiger partial charge in [0, 0.05) is 37.4 Å². The third-order valence-electron chi connectivity index (χ3n) is 6.20. The van der Waals surface area contributed by atoms with Crippen LogP contribution < -0.4 is 43.8 Å². The number of carbonyl (C=O) groups excluding carboxylic acids is 7. The molecule has 46 heavy (non-hydrogen) atoms. The zero-order valence-corrected chi connectivity index (χ0v) is 28.1. The zero-order valence-electron chi connectivity index (χ0n) is 26.4. The van der Waals surface area contributed by atoms with E-state index in [-0.39, 0.29) is 73.7 Å². The summed E-state index contributed by atoms with van der Waals surface area (Å²) < 4.78 is 0. The fourth-order valence-corrected chi connectivity index (χ4v) is 6.09. The second kappa shape index (κ2) is 22.7. The number of nitrogens with zero attached hydrogens (tertiary/aromatic N) is 2. The lowest BCUT2D eigenvalue weighted by Crippen LogP contribution is -2.56. The Labute approximate surface area is 277 Å². The minimum absolute atomic E-state index is 0.00468. The van der Waals surface area contributed by atoms with Gasteiger partial charge in [0.2, 0.25) is 41.4 Å². The maximum Gasteiger partial charge on any atom is 0.247 e. The second-order valence-corrected chi connectivity index (χ2v) is 13.0. The van der Waals surface area contributed by atoms with Gasteiger partial charge in [0.25, 0.3) is 0 Å². The van der Waals surface area contributed by atoms with Gasteiger partial charge in [-0.25, -0.2) is 0 Å². The minimum atomic E-state index is -0.976. The summed E-state index contributed by atoms with van der Waals surface area (Å²) in [6.07, 6.45) is 2.11. The first-order chi connectivity index (χ1) is 21.8. The predicted molar refractivity (Wildman–Crippen MR) is 177 cm³/mol. The zero-order chi connectivity index (χ0) is 34.5. The quantitative estimate of drug-likeness (QED) is 0.0321. The van der Waals surface area contributed by atoms with Crippen molar-refractivity contribution < 1.29 is 33.6 Å². The standard InChI is InChI=1S/C27H48N10O7S2/c1-17(2)10-22(40)35-13-24(42)36-18(14-45-9-5-6-21(39)34-12-23(41)33-11-20(28)38)26(44)37-16-46-15-19(37)25(43)31-7-3-4-8-32-27(29)30/h17-19H,3-16H2,1-2H3,(H2,28,38)(H,31,43)(H,33,41)(H,34,39)(H,35,40)(H,36,42)(H4,29,30,32)/t18-,19-/m0/s1. The third-order valence-corrected chi connectivity index (χ3v) is 8.36. The number of aliphatic imine (C=N–C) groups is 1. The molecular formula is C27H48N10O7S2. The Kier molecular flexibility index (Phi) is 19.9. The van der Waals surface area contributed by atoms with Crippen LogP contribution >= 0.6 is 23.5 Å². The maximum atomic E-state index is 13.6. The van der Waals surface area contributed by atoms with Crippen molar-refractivity contribution in [2.75, 3.05) is 55.9 Å². The highest BCUT2D eigenvalue weighted by atomic mass is 32.2. The van der Waals surface area contributed by atoms with E-state index in [2.05, 4.69) is 31.6 Å². The SMILES string of the molecule is CC(C)CC(=O)NCC(=O)N[C@@H](CSCCCC(=O)NCC(=O)NCC(N)=O)C(=O)N1CSC[C@H]1C(=O)NCCCCN=C(N)N. The van der Waals surface area contributed by atoms with Crippen LogP contribution in [0.3, 0.4) is 0 Å². The molecule has 0 aromatic heterocycles. The van der Waals surface area contributed by atoms with Crippen molar-refractivity contribution >= 4 is 70.8 Å². The van der Waals surface area contributed by atoms with Crippen molar-refractivity contribution in [1.29, 1.82) is 0 Å². The summed E-state index contributed by atoms with van der Waals surface area (Å²) in [5.41, 5.74) is 15.6. The van der Waals surface area contributed by atoms with Crippen LogP contribution in [-0.2, 0) is 33.6 Å². The number of thioether (sulfide) groups is 2. The van der Waals surface area contributed by atoms with Crippen LogP contribution in [0.5, 0.6) is 0 Å². The Balaban J connectivity index is 2.69. The molecule has 0 spiro atoms. The molecular weight excluding hydrogens is 640 g/mol. The molecule has 1 aliphatic rings. The highest BCUT2D eigenvalue weighted by Gasteiger charge is 2.38. The van der Waals surface area contributed by atoms with Crippen LogP contribution in [-0.4, -0.2) is 120 Å². The Morgan fingerprint density at radius 2 is 1.54 bits per heavy atom. The first kappa shape index (κ1) is 40.3. The van der Waals surface area contributed by atoms with E-state index in [0.717, 1.165) is 0 Å². The Morgan fingerprint density at radius 3 is 2.22 bits per heavy atom. The fourth-order valence-electron chi connectivity index (χ4n) is 3.94. The normalized spacial score (nSPS) is 14.6. The molecule has 7 amide bonds. The summed E-state index contributed by atoms with van der Waals surface area (Å²) >= 11 is 2.76. The van der Waals surface area contributed by atoms with Gasteiger partial charge >= 0.3 is 0 Å². The average molecular weight is 689 g/mol. The van der Waals surface area contributed by atoms with Crippen molar-refractivity contribution in [2.45, 2.75) is 58.0 Å². The topological polar surface area (TPSA) is 273 Å². The number of unbranched alkanes of at least 4 members (excludes halogenated alkanes) is 1. The summed E-state index contributed by atoms with van der Waals surface area (Å²) in [7, 11) is 0. The number of amides is 7. The number of primary amides is 1. The van der Waals surface area contributed by atoms with Gasteiger partial charge in [-0.1, -0.05) is 13.8 Å². The number of hydrogen-bond donors (Lipinski definition) is 8. The number of nitrogens with two attached hydrogens (primary N) is 3. The van der Waals surface area contributed by atoms with Crippen molar-refractivity contribution in [3.8, 4) is 0 Å². The Bertz CT molecular complexity index is 1090. The highest BCUT2D eigenvalue weighted by molar-refractivity contribution is 7.99. The van der Waals surface area contributed by atoms with Crippen molar-refractivity contribution in [1.82, 2.24) is 31.5 Å². The number of hydrogen-bond acceptors (Lipinski definition) is 10. The van der Waals surface area contributed by atoms with E-state index < -0.39 is 35.7 Å². The van der Waals surface area contributed by atoms with Gasteiger partial charge in [-0.15, -0.1) is 11.8 Å². The van der Waals surface area contributed by atoms with Gasteiger partial charge in [-0.3, -0.25) is 38.6 Å². The first-order valence-electron chi connectivity index (χ1n) is 15.0. The van der Waals surface area contributed by atoms with E-state index in [1.54, 1.807) is 0 Å². The van der Waals surface area contributed by atoms with E-state index in [9.17, 15) is 33.6 Å². The van der Waals surface area contributed by atoms with Gasteiger partial charge in [-0.2, -0.15) is 11.8 Å². The average Bonchev–Trinajstić information content (AvgIpc) is 3.48. The van der Waals surface area contributed by atoms with E-state index in [4.69, 9.17) is 17.2 Å². The molecule has 19 heteroatoms. The van der Waals surface area contributed by atoms with Crippen LogP contribution in [0, 0.1) is 5.92 Å². The second-order valence-electron chi connectivity index (χ2n) is 10.8. The lowest BCUT2D eigenvalue weighted by molar-refractivity contribution is -0.140. The minimum Gasteiger partial charge on any atom is -0.370 e. The Morgan fingerprint density at radius 1 is 0.870 bits per heavy atom. The fraction of sp³-hybridized carbons (Fsp3) is 0.704. The molecule has 17 nitrogen and oxygen atoms in total. The monoisotopic (exact) mass is 688 g/mol. The number of carbonyl (C=O) groups is 7. The first-order valence-corrected chi connectivity index (χ1v) is 17.3. The largest absolute Gasteiger partial charge is 0.370 e. The summed E-state index contributed by atoms with van der Waals surface area (Å²) in [5.74, 6) is -1.73. The summed E-state index contributed by atoms with van der Waals surface area (Å²) in [6.45, 7) is 3.67. The lowest BCUT2D eigenvalue weighted by atomic mass is 10.1.